The van der Waals surface area contributed by atoms with Gasteiger partial charge in [0.25, 0.3) is 0 Å². The number of rotatable bonds is 14. The van der Waals surface area contributed by atoms with E-state index >= 15 is 0 Å². The van der Waals surface area contributed by atoms with Crippen LogP contribution in [0.4, 0.5) is 4.79 Å². The number of carbonyl (C=O) groups excluding carboxylic acids is 1. The first-order chi connectivity index (χ1) is 18.0. The third kappa shape index (κ3) is 7.80. The van der Waals surface area contributed by atoms with Gasteiger partial charge in [0.05, 0.1) is 32.4 Å². The molecule has 1 heterocycles. The predicted octanol–water partition coefficient (Wildman–Crippen LogP) is 5.60. The van der Waals surface area contributed by atoms with Crippen LogP contribution in [-0.4, -0.2) is 64.9 Å². The number of nitrogens with zero attached hydrogens (tertiary/aromatic N) is 1. The van der Waals surface area contributed by atoms with E-state index in [-0.39, 0.29) is 30.8 Å². The maximum absolute atomic E-state index is 13.5. The van der Waals surface area contributed by atoms with Crippen molar-refractivity contribution in [2.45, 2.75) is 76.6 Å². The van der Waals surface area contributed by atoms with E-state index < -0.39 is 8.32 Å². The van der Waals surface area contributed by atoms with Gasteiger partial charge in [-0.05, 0) is 47.8 Å². The molecule has 2 aromatic rings. The molecule has 0 bridgehead atoms. The Balaban J connectivity index is 1.79. The molecule has 3 atom stereocenters. The first kappa shape index (κ1) is 29.2. The third-order valence-corrected chi connectivity index (χ3v) is 12.4. The van der Waals surface area contributed by atoms with E-state index in [1.165, 1.54) is 0 Å². The highest BCUT2D eigenvalue weighted by molar-refractivity contribution is 6.73. The minimum Gasteiger partial charge on any atom is -0.497 e. The maximum Gasteiger partial charge on any atom is 0.410 e. The van der Waals surface area contributed by atoms with Crippen molar-refractivity contribution in [3.8, 4) is 5.75 Å². The van der Waals surface area contributed by atoms with Crippen LogP contribution in [0, 0.1) is 0 Å². The van der Waals surface area contributed by atoms with Crippen LogP contribution in [0.5, 0.6) is 5.75 Å². The van der Waals surface area contributed by atoms with Crippen molar-refractivity contribution in [2.75, 3.05) is 27.4 Å². The van der Waals surface area contributed by atoms with Gasteiger partial charge in [-0.1, -0.05) is 63.2 Å². The number of ether oxygens (including phenoxy) is 3. The molecule has 0 aliphatic carbocycles. The van der Waals surface area contributed by atoms with Crippen LogP contribution in [0.15, 0.2) is 54.6 Å². The monoisotopic (exact) mass is 528 g/mol. The van der Waals surface area contributed by atoms with Gasteiger partial charge in [-0.25, -0.2) is 4.79 Å². The van der Waals surface area contributed by atoms with Crippen LogP contribution in [-0.2, 0) is 27.1 Å². The molecule has 204 valence electrons. The number of carbonyl (C=O) groups is 1. The highest BCUT2D eigenvalue weighted by atomic mass is 28.4. The van der Waals surface area contributed by atoms with E-state index in [4.69, 9.17) is 18.6 Å². The normalized spacial score (nSPS) is 19.7. The van der Waals surface area contributed by atoms with E-state index in [0.717, 1.165) is 41.4 Å². The highest BCUT2D eigenvalue weighted by Crippen LogP contribution is 2.30. The second kappa shape index (κ2) is 14.5. The Morgan fingerprint density at radius 1 is 0.946 bits per heavy atom. The van der Waals surface area contributed by atoms with Gasteiger partial charge in [-0.15, -0.1) is 0 Å². The molecule has 1 aliphatic heterocycles. The lowest BCUT2D eigenvalue weighted by Gasteiger charge is -2.35. The summed E-state index contributed by atoms with van der Waals surface area (Å²) in [5.41, 5.74) is 2.13. The summed E-state index contributed by atoms with van der Waals surface area (Å²) in [6.07, 6.45) is 0.460. The predicted molar refractivity (Wildman–Crippen MR) is 149 cm³/mol. The number of amides is 1. The summed E-state index contributed by atoms with van der Waals surface area (Å²) < 4.78 is 23.4. The molecule has 0 unspecified atom stereocenters. The minimum absolute atomic E-state index is 0.0591. The molecule has 1 amide bonds. The zero-order valence-electron chi connectivity index (χ0n) is 23.1. The van der Waals surface area contributed by atoms with Crippen LogP contribution in [0.3, 0.4) is 0 Å². The molecule has 1 aliphatic rings. The first-order valence-electron chi connectivity index (χ1n) is 13.5. The van der Waals surface area contributed by atoms with Crippen molar-refractivity contribution in [3.63, 3.8) is 0 Å². The van der Waals surface area contributed by atoms with Crippen molar-refractivity contribution in [1.29, 1.82) is 0 Å². The van der Waals surface area contributed by atoms with E-state index in [1.807, 2.05) is 47.4 Å². The molecule has 0 saturated carbocycles. The zero-order chi connectivity index (χ0) is 26.7. The van der Waals surface area contributed by atoms with Crippen molar-refractivity contribution < 1.29 is 23.4 Å². The van der Waals surface area contributed by atoms with Gasteiger partial charge in [-0.2, -0.15) is 0 Å². The summed E-state index contributed by atoms with van der Waals surface area (Å²) in [6.45, 7) is 8.57. The SMILES string of the molecule is CC[Si](CC)(CC)OC[C@H]1[C@@H](NCc2ccc(OC)cc2)C[C@@H](COC)N1C(=O)OCc1ccccc1. The molecule has 37 heavy (non-hydrogen) atoms. The Kier molecular flexibility index (Phi) is 11.4. The van der Waals surface area contributed by atoms with Crippen molar-refractivity contribution in [3.05, 3.63) is 65.7 Å². The van der Waals surface area contributed by atoms with Gasteiger partial charge in [-0.3, -0.25) is 4.90 Å². The van der Waals surface area contributed by atoms with E-state index in [2.05, 4.69) is 38.2 Å². The van der Waals surface area contributed by atoms with Gasteiger partial charge in [0, 0.05) is 19.7 Å². The number of hydrogen-bond donors (Lipinski definition) is 1. The van der Waals surface area contributed by atoms with Gasteiger partial charge >= 0.3 is 6.09 Å². The molecule has 3 rings (SSSR count). The van der Waals surface area contributed by atoms with Crippen LogP contribution >= 0.6 is 0 Å². The number of hydrogen-bond acceptors (Lipinski definition) is 6. The van der Waals surface area contributed by atoms with Gasteiger partial charge in [0.1, 0.15) is 12.4 Å². The summed E-state index contributed by atoms with van der Waals surface area (Å²) in [6, 6.07) is 20.9. The first-order valence-corrected chi connectivity index (χ1v) is 16.0. The Hall–Kier alpha value is -2.39. The second-order valence-corrected chi connectivity index (χ2v) is 14.5. The number of likely N-dealkylation sites (tertiary alicyclic amines) is 1. The van der Waals surface area contributed by atoms with Crippen LogP contribution in [0.2, 0.25) is 18.1 Å². The lowest BCUT2D eigenvalue weighted by Crippen LogP contribution is -2.52. The Morgan fingerprint density at radius 3 is 2.22 bits per heavy atom. The highest BCUT2D eigenvalue weighted by Gasteiger charge is 2.45. The van der Waals surface area contributed by atoms with E-state index in [9.17, 15) is 4.79 Å². The molecule has 2 aromatic carbocycles. The zero-order valence-corrected chi connectivity index (χ0v) is 24.1. The van der Waals surface area contributed by atoms with Crippen molar-refractivity contribution >= 4 is 14.4 Å². The van der Waals surface area contributed by atoms with Crippen LogP contribution < -0.4 is 10.1 Å². The Bertz CT molecular complexity index is 931. The third-order valence-electron chi connectivity index (χ3n) is 7.74. The summed E-state index contributed by atoms with van der Waals surface area (Å²) in [7, 11) is 1.51. The molecule has 1 N–H and O–H groups in total. The summed E-state index contributed by atoms with van der Waals surface area (Å²) in [5, 5.41) is 3.71. The fourth-order valence-corrected chi connectivity index (χ4v) is 7.81. The molecule has 0 aromatic heterocycles. The molecular formula is C29H44N2O5Si. The molecule has 0 spiro atoms. The van der Waals surface area contributed by atoms with E-state index in [0.29, 0.717) is 19.8 Å². The van der Waals surface area contributed by atoms with Crippen LogP contribution in [0.25, 0.3) is 0 Å². The Labute approximate surface area is 223 Å². The number of nitrogens with one attached hydrogen (secondary N) is 1. The second-order valence-electron chi connectivity index (χ2n) is 9.75. The van der Waals surface area contributed by atoms with Crippen LogP contribution in [0.1, 0.15) is 38.3 Å². The molecule has 7 nitrogen and oxygen atoms in total. The Morgan fingerprint density at radius 2 is 1.62 bits per heavy atom. The standard InChI is InChI=1S/C29H44N2O5Si/c1-6-37(7-2,8-3)36-22-28-27(30-19-23-14-16-26(34-5)17-15-23)18-25(21-33-4)31(28)29(32)35-20-24-12-10-9-11-13-24/h9-17,25,27-28,30H,6-8,18-22H2,1-5H3/t25-,27-,28-/m0/s1. The summed E-state index contributed by atoms with van der Waals surface area (Å²) in [5.74, 6) is 0.836. The average molecular weight is 529 g/mol. The molecule has 8 heteroatoms. The topological polar surface area (TPSA) is 69.3 Å². The lowest BCUT2D eigenvalue weighted by molar-refractivity contribution is 0.0446. The molecule has 1 fully saturated rings. The quantitative estimate of drug-likeness (QED) is 0.322. The fraction of sp³-hybridized carbons (Fsp3) is 0.552. The molecular weight excluding hydrogens is 484 g/mol. The number of methoxy groups -OCH3 is 2. The smallest absolute Gasteiger partial charge is 0.410 e. The summed E-state index contributed by atoms with van der Waals surface area (Å²) >= 11 is 0. The van der Waals surface area contributed by atoms with Gasteiger partial charge < -0.3 is 24.0 Å². The fourth-order valence-electron chi connectivity index (χ4n) is 5.17. The average Bonchev–Trinajstić information content (AvgIpc) is 3.29. The maximum atomic E-state index is 13.5. The van der Waals surface area contributed by atoms with E-state index in [1.54, 1.807) is 14.2 Å². The van der Waals surface area contributed by atoms with Crippen molar-refractivity contribution in [2.24, 2.45) is 0 Å². The van der Waals surface area contributed by atoms with Gasteiger partial charge in [0.15, 0.2) is 8.32 Å². The summed E-state index contributed by atoms with van der Waals surface area (Å²) in [4.78, 5) is 15.4. The lowest BCUT2D eigenvalue weighted by atomic mass is 10.1. The largest absolute Gasteiger partial charge is 0.497 e. The molecule has 1 saturated heterocycles. The van der Waals surface area contributed by atoms with Gasteiger partial charge in [0.2, 0.25) is 0 Å². The number of benzene rings is 2. The van der Waals surface area contributed by atoms with Crippen molar-refractivity contribution in [1.82, 2.24) is 10.2 Å². The minimum atomic E-state index is -1.84. The molecule has 0 radical (unpaired) electrons.